The maximum absolute atomic E-state index is 11.9. The van der Waals surface area contributed by atoms with E-state index in [0.717, 1.165) is 11.3 Å². The van der Waals surface area contributed by atoms with E-state index in [9.17, 15) is 8.42 Å². The summed E-state index contributed by atoms with van der Waals surface area (Å²) in [5.41, 5.74) is 0. The molecule has 0 saturated heterocycles. The summed E-state index contributed by atoms with van der Waals surface area (Å²) < 4.78 is 31.2. The number of aryl methyl sites for hydroxylation is 1. The van der Waals surface area contributed by atoms with Gasteiger partial charge in [0.25, 0.3) is 10.0 Å². The van der Waals surface area contributed by atoms with Gasteiger partial charge in [0.2, 0.25) is 0 Å². The molecule has 1 N–H and O–H groups in total. The molecule has 17 heavy (non-hydrogen) atoms. The lowest BCUT2D eigenvalue weighted by molar-refractivity contribution is 0.429. The number of nitrogens with one attached hydrogen (secondary N) is 1. The molecular weight excluding hydrogens is 354 g/mol. The first kappa shape index (κ1) is 12.8. The van der Waals surface area contributed by atoms with E-state index in [4.69, 9.17) is 11.6 Å². The van der Waals surface area contributed by atoms with Crippen LogP contribution >= 0.6 is 38.9 Å². The Bertz CT molecular complexity index is 632. The van der Waals surface area contributed by atoms with Gasteiger partial charge in [-0.15, -0.1) is 11.3 Å². The molecule has 92 valence electrons. The van der Waals surface area contributed by atoms with Crippen LogP contribution in [0.25, 0.3) is 0 Å². The monoisotopic (exact) mass is 357 g/mol. The minimum atomic E-state index is -3.74. The predicted molar refractivity (Wildman–Crippen MR) is 66.9 cm³/mol. The molecule has 0 spiro atoms. The molecule has 0 aromatic carbocycles. The van der Waals surface area contributed by atoms with Crippen molar-refractivity contribution in [2.24, 2.45) is 0 Å². The van der Waals surface area contributed by atoms with Gasteiger partial charge in [-0.05, 0) is 28.9 Å². The van der Waals surface area contributed by atoms with Crippen molar-refractivity contribution in [2.45, 2.75) is 11.1 Å². The van der Waals surface area contributed by atoms with E-state index in [2.05, 4.69) is 35.3 Å². The van der Waals surface area contributed by atoms with Crippen LogP contribution in [-0.2, 0) is 10.0 Å². The average Bonchev–Trinajstić information content (AvgIpc) is 2.75. The van der Waals surface area contributed by atoms with Crippen molar-refractivity contribution in [2.75, 3.05) is 4.72 Å². The third-order valence-corrected chi connectivity index (χ3v) is 5.91. The molecule has 0 unspecified atom stereocenters. The Morgan fingerprint density at radius 1 is 1.59 bits per heavy atom. The number of rotatable bonds is 3. The molecular formula is C7H5BrClN3O3S2. The van der Waals surface area contributed by atoms with Crippen LogP contribution in [0.1, 0.15) is 5.82 Å². The first-order valence-corrected chi connectivity index (χ1v) is 7.63. The number of nitrogens with zero attached hydrogens (tertiary/aromatic N) is 2. The van der Waals surface area contributed by atoms with Gasteiger partial charge in [0.05, 0.1) is 8.81 Å². The molecule has 0 bridgehead atoms. The Morgan fingerprint density at radius 3 is 2.76 bits per heavy atom. The van der Waals surface area contributed by atoms with E-state index in [-0.39, 0.29) is 10.2 Å². The summed E-state index contributed by atoms with van der Waals surface area (Å²) in [5, 5.41) is 3.80. The first-order chi connectivity index (χ1) is 7.88. The van der Waals surface area contributed by atoms with Gasteiger partial charge < -0.3 is 4.52 Å². The minimum absolute atomic E-state index is 0.0604. The molecule has 0 radical (unpaired) electrons. The fraction of sp³-hybridized carbons (Fsp3) is 0.143. The van der Waals surface area contributed by atoms with E-state index in [1.54, 1.807) is 6.92 Å². The lowest BCUT2D eigenvalue weighted by atomic mass is 10.7. The SMILES string of the molecule is Cc1noc(NS(=O)(=O)c2cc(Cl)c(Br)s2)n1. The van der Waals surface area contributed by atoms with Crippen molar-refractivity contribution < 1.29 is 12.9 Å². The molecule has 0 aliphatic carbocycles. The molecule has 6 nitrogen and oxygen atoms in total. The Labute approximate surface area is 114 Å². The Morgan fingerprint density at radius 2 is 2.29 bits per heavy atom. The number of anilines is 1. The zero-order valence-corrected chi connectivity index (χ0v) is 12.2. The molecule has 2 heterocycles. The van der Waals surface area contributed by atoms with Crippen LogP contribution in [0.5, 0.6) is 0 Å². The van der Waals surface area contributed by atoms with Crippen molar-refractivity contribution in [1.82, 2.24) is 10.1 Å². The van der Waals surface area contributed by atoms with E-state index in [1.165, 1.54) is 6.07 Å². The first-order valence-electron chi connectivity index (χ1n) is 4.16. The third-order valence-electron chi connectivity index (χ3n) is 1.64. The van der Waals surface area contributed by atoms with Crippen LogP contribution in [-0.4, -0.2) is 18.6 Å². The topological polar surface area (TPSA) is 85.1 Å². The summed E-state index contributed by atoms with van der Waals surface area (Å²) in [6, 6.07) is 1.16. The van der Waals surface area contributed by atoms with Crippen LogP contribution in [0.2, 0.25) is 5.02 Å². The van der Waals surface area contributed by atoms with E-state index >= 15 is 0 Å². The van der Waals surface area contributed by atoms with E-state index in [0.29, 0.717) is 14.6 Å². The maximum atomic E-state index is 11.9. The van der Waals surface area contributed by atoms with E-state index in [1.807, 2.05) is 0 Å². The standard InChI is InChI=1S/C7H5BrClN3O3S2/c1-3-10-7(15-11-3)12-17(13,14)5-2-4(9)6(8)16-5/h2H,1H3,(H,10,11,12). The van der Waals surface area contributed by atoms with Gasteiger partial charge in [-0.25, -0.2) is 13.1 Å². The fourth-order valence-corrected chi connectivity index (χ4v) is 4.29. The molecule has 2 aromatic rings. The quantitative estimate of drug-likeness (QED) is 0.911. The van der Waals surface area contributed by atoms with Gasteiger partial charge in [-0.3, -0.25) is 0 Å². The highest BCUT2D eigenvalue weighted by molar-refractivity contribution is 9.11. The number of aromatic nitrogens is 2. The van der Waals surface area contributed by atoms with Gasteiger partial charge in [0.15, 0.2) is 5.82 Å². The average molecular weight is 359 g/mol. The Hall–Kier alpha value is -0.640. The Balaban J connectivity index is 2.31. The number of sulfonamides is 1. The maximum Gasteiger partial charge on any atom is 0.335 e. The zero-order valence-electron chi connectivity index (χ0n) is 8.27. The highest BCUT2D eigenvalue weighted by atomic mass is 79.9. The van der Waals surface area contributed by atoms with Crippen molar-refractivity contribution >= 4 is 54.9 Å². The van der Waals surface area contributed by atoms with Gasteiger partial charge in [-0.2, -0.15) is 4.98 Å². The van der Waals surface area contributed by atoms with Crippen LogP contribution in [0, 0.1) is 6.92 Å². The van der Waals surface area contributed by atoms with Crippen LogP contribution < -0.4 is 4.72 Å². The third kappa shape index (κ3) is 2.79. The van der Waals surface area contributed by atoms with E-state index < -0.39 is 10.0 Å². The van der Waals surface area contributed by atoms with Gasteiger partial charge >= 0.3 is 6.01 Å². The van der Waals surface area contributed by atoms with Gasteiger partial charge in [0, 0.05) is 0 Å². The molecule has 0 amide bonds. The highest BCUT2D eigenvalue weighted by Crippen LogP contribution is 2.35. The lowest BCUT2D eigenvalue weighted by Crippen LogP contribution is -2.11. The molecule has 0 aliphatic heterocycles. The summed E-state index contributed by atoms with van der Waals surface area (Å²) >= 11 is 9.90. The lowest BCUT2D eigenvalue weighted by Gasteiger charge is -1.99. The summed E-state index contributed by atoms with van der Waals surface area (Å²) in [4.78, 5) is 3.74. The normalized spacial score (nSPS) is 11.7. The van der Waals surface area contributed by atoms with Crippen LogP contribution in [0.3, 0.4) is 0 Å². The Kier molecular flexibility index (Phi) is 3.43. The number of hydrogen-bond donors (Lipinski definition) is 1. The number of hydrogen-bond acceptors (Lipinski definition) is 6. The zero-order chi connectivity index (χ0) is 12.6. The number of thiophene rings is 1. The van der Waals surface area contributed by atoms with Crippen LogP contribution in [0.4, 0.5) is 6.01 Å². The van der Waals surface area contributed by atoms with Crippen molar-refractivity contribution in [3.05, 3.63) is 20.7 Å². The predicted octanol–water partition coefficient (Wildman–Crippen LogP) is 2.66. The summed E-state index contributed by atoms with van der Waals surface area (Å²) in [6.45, 7) is 1.58. The second-order valence-electron chi connectivity index (χ2n) is 2.94. The largest absolute Gasteiger partial charge is 0.335 e. The smallest absolute Gasteiger partial charge is 0.314 e. The second kappa shape index (κ2) is 4.56. The van der Waals surface area contributed by atoms with Gasteiger partial charge in [-0.1, -0.05) is 16.8 Å². The van der Waals surface area contributed by atoms with Crippen molar-refractivity contribution in [1.29, 1.82) is 0 Å². The molecule has 10 heteroatoms. The van der Waals surface area contributed by atoms with Crippen LogP contribution in [0.15, 0.2) is 18.6 Å². The summed E-state index contributed by atoms with van der Waals surface area (Å²) in [5.74, 6) is 0.341. The minimum Gasteiger partial charge on any atom is -0.314 e. The number of halogens is 2. The molecule has 0 atom stereocenters. The molecule has 2 aromatic heterocycles. The molecule has 0 fully saturated rings. The van der Waals surface area contributed by atoms with Gasteiger partial charge in [0.1, 0.15) is 4.21 Å². The summed E-state index contributed by atoms with van der Waals surface area (Å²) in [6.07, 6.45) is 0. The molecule has 0 aliphatic rings. The molecule has 0 saturated carbocycles. The fourth-order valence-electron chi connectivity index (χ4n) is 0.963. The van der Waals surface area contributed by atoms with Crippen molar-refractivity contribution in [3.63, 3.8) is 0 Å². The molecule has 2 rings (SSSR count). The highest BCUT2D eigenvalue weighted by Gasteiger charge is 2.21. The second-order valence-corrected chi connectivity index (χ2v) is 7.63. The van der Waals surface area contributed by atoms with Crippen molar-refractivity contribution in [3.8, 4) is 0 Å². The summed E-state index contributed by atoms with van der Waals surface area (Å²) in [7, 11) is -3.74.